The van der Waals surface area contributed by atoms with E-state index in [2.05, 4.69) is 29.6 Å². The zero-order chi connectivity index (χ0) is 12.3. The fraction of sp³-hybridized carbons (Fsp3) is 0.462. The highest BCUT2D eigenvalue weighted by atomic mass is 16.3. The van der Waals surface area contributed by atoms with Crippen LogP contribution in [0.2, 0.25) is 0 Å². The first-order chi connectivity index (χ1) is 8.22. The maximum absolute atomic E-state index is 5.35. The van der Waals surface area contributed by atoms with Crippen LogP contribution in [0.25, 0.3) is 0 Å². The Hall–Kier alpha value is -1.55. The molecule has 2 rings (SSSR count). The molecule has 1 atom stereocenters. The Bertz CT molecular complexity index is 472. The Morgan fingerprint density at radius 3 is 2.88 bits per heavy atom. The molecule has 17 heavy (non-hydrogen) atoms. The van der Waals surface area contributed by atoms with Gasteiger partial charge in [0.05, 0.1) is 12.5 Å². The number of nitrogens with one attached hydrogen (secondary N) is 1. The van der Waals surface area contributed by atoms with Crippen LogP contribution in [0.4, 0.5) is 0 Å². The zero-order valence-corrected chi connectivity index (χ0v) is 10.6. The van der Waals surface area contributed by atoms with Gasteiger partial charge in [-0.05, 0) is 38.9 Å². The van der Waals surface area contributed by atoms with Gasteiger partial charge in [-0.1, -0.05) is 0 Å². The molecule has 0 spiro atoms. The summed E-state index contributed by atoms with van der Waals surface area (Å²) < 4.78 is 7.30. The van der Waals surface area contributed by atoms with Crippen LogP contribution in [0, 0.1) is 6.92 Å². The lowest BCUT2D eigenvalue weighted by molar-refractivity contribution is 0.520. The second-order valence-corrected chi connectivity index (χ2v) is 4.24. The third-order valence-electron chi connectivity index (χ3n) is 2.95. The van der Waals surface area contributed by atoms with Crippen LogP contribution in [0.3, 0.4) is 0 Å². The molecule has 1 unspecified atom stereocenters. The summed E-state index contributed by atoms with van der Waals surface area (Å²) in [6, 6.07) is 2.35. The van der Waals surface area contributed by atoms with Crippen LogP contribution >= 0.6 is 0 Å². The van der Waals surface area contributed by atoms with Crippen molar-refractivity contribution in [2.75, 3.05) is 7.05 Å². The normalized spacial score (nSPS) is 12.9. The average Bonchev–Trinajstić information content (AvgIpc) is 2.94. The zero-order valence-electron chi connectivity index (χ0n) is 10.6. The lowest BCUT2D eigenvalue weighted by Gasteiger charge is -2.12. The summed E-state index contributed by atoms with van der Waals surface area (Å²) in [7, 11) is 1.97. The van der Waals surface area contributed by atoms with Crippen LogP contribution in [0.5, 0.6) is 0 Å². The Balaban J connectivity index is 2.09. The molecule has 0 amide bonds. The van der Waals surface area contributed by atoms with E-state index in [1.165, 1.54) is 11.1 Å². The van der Waals surface area contributed by atoms with E-state index in [4.69, 9.17) is 4.42 Å². The molecule has 4 nitrogen and oxygen atoms in total. The molecule has 0 aliphatic carbocycles. The number of hydrogen-bond donors (Lipinski definition) is 1. The van der Waals surface area contributed by atoms with Gasteiger partial charge in [0.15, 0.2) is 0 Å². The molecule has 2 aromatic rings. The molecule has 0 radical (unpaired) electrons. The van der Waals surface area contributed by atoms with Crippen LogP contribution < -0.4 is 5.32 Å². The van der Waals surface area contributed by atoms with Crippen LogP contribution in [-0.4, -0.2) is 16.8 Å². The smallest absolute Gasteiger partial charge is 0.101 e. The van der Waals surface area contributed by atoms with Gasteiger partial charge in [-0.25, -0.2) is 0 Å². The maximum atomic E-state index is 5.35. The van der Waals surface area contributed by atoms with E-state index in [1.807, 2.05) is 31.1 Å². The van der Waals surface area contributed by atoms with Crippen molar-refractivity contribution in [1.29, 1.82) is 0 Å². The molecule has 0 saturated carbocycles. The van der Waals surface area contributed by atoms with Crippen molar-refractivity contribution in [1.82, 2.24) is 15.1 Å². The minimum Gasteiger partial charge on any atom is -0.469 e. The van der Waals surface area contributed by atoms with Crippen molar-refractivity contribution in [3.05, 3.63) is 41.6 Å². The number of furan rings is 1. The summed E-state index contributed by atoms with van der Waals surface area (Å²) in [5.74, 6) is 0.949. The van der Waals surface area contributed by atoms with Gasteiger partial charge in [0.2, 0.25) is 0 Å². The summed E-state index contributed by atoms with van der Waals surface area (Å²) in [5.41, 5.74) is 2.43. The van der Waals surface area contributed by atoms with Gasteiger partial charge in [-0.3, -0.25) is 4.68 Å². The van der Waals surface area contributed by atoms with Crippen molar-refractivity contribution in [2.45, 2.75) is 32.9 Å². The van der Waals surface area contributed by atoms with Gasteiger partial charge >= 0.3 is 0 Å². The molecule has 0 saturated heterocycles. The molecular weight excluding hydrogens is 214 g/mol. The van der Waals surface area contributed by atoms with E-state index in [-0.39, 0.29) is 6.04 Å². The molecule has 0 aliphatic heterocycles. The monoisotopic (exact) mass is 233 g/mol. The molecular formula is C13H19N3O. The van der Waals surface area contributed by atoms with Crippen LogP contribution in [0.15, 0.2) is 29.1 Å². The molecule has 0 aromatic carbocycles. The van der Waals surface area contributed by atoms with E-state index in [1.54, 1.807) is 0 Å². The second-order valence-electron chi connectivity index (χ2n) is 4.24. The Kier molecular flexibility index (Phi) is 3.64. The Labute approximate surface area is 102 Å². The number of nitrogens with zero attached hydrogens (tertiary/aromatic N) is 2. The number of hydrogen-bond acceptors (Lipinski definition) is 3. The molecule has 1 N–H and O–H groups in total. The summed E-state index contributed by atoms with van der Waals surface area (Å²) >= 11 is 0. The topological polar surface area (TPSA) is 43.0 Å². The first kappa shape index (κ1) is 11.9. The first-order valence-corrected chi connectivity index (χ1v) is 5.96. The predicted octanol–water partition coefficient (Wildman–Crippen LogP) is 2.31. The predicted molar refractivity (Wildman–Crippen MR) is 66.9 cm³/mol. The summed E-state index contributed by atoms with van der Waals surface area (Å²) in [5, 5.41) is 7.60. The first-order valence-electron chi connectivity index (χ1n) is 5.96. The highest BCUT2D eigenvalue weighted by Gasteiger charge is 2.13. The van der Waals surface area contributed by atoms with E-state index in [0.29, 0.717) is 0 Å². The lowest BCUT2D eigenvalue weighted by Crippen LogP contribution is -2.18. The molecule has 92 valence electrons. The molecule has 0 fully saturated rings. The molecule has 0 aliphatic rings. The average molecular weight is 233 g/mol. The highest BCUT2D eigenvalue weighted by molar-refractivity contribution is 5.19. The quantitative estimate of drug-likeness (QED) is 0.861. The summed E-state index contributed by atoms with van der Waals surface area (Å²) in [4.78, 5) is 0. The van der Waals surface area contributed by atoms with Gasteiger partial charge in [-0.2, -0.15) is 5.10 Å². The van der Waals surface area contributed by atoms with Gasteiger partial charge in [0.1, 0.15) is 5.76 Å². The number of likely N-dealkylation sites (N-methyl/N-ethyl adjacent to an activating group) is 1. The number of aryl methyl sites for hydroxylation is 2. The van der Waals surface area contributed by atoms with E-state index >= 15 is 0 Å². The summed E-state index contributed by atoms with van der Waals surface area (Å²) in [6.07, 6.45) is 6.77. The van der Waals surface area contributed by atoms with Gasteiger partial charge in [0.25, 0.3) is 0 Å². The Morgan fingerprint density at radius 1 is 1.53 bits per heavy atom. The van der Waals surface area contributed by atoms with E-state index in [0.717, 1.165) is 18.7 Å². The van der Waals surface area contributed by atoms with E-state index < -0.39 is 0 Å². The van der Waals surface area contributed by atoms with Crippen molar-refractivity contribution < 1.29 is 4.42 Å². The minimum atomic E-state index is 0.280. The van der Waals surface area contributed by atoms with Crippen molar-refractivity contribution in [2.24, 2.45) is 0 Å². The van der Waals surface area contributed by atoms with Gasteiger partial charge in [-0.15, -0.1) is 0 Å². The van der Waals surface area contributed by atoms with Crippen molar-refractivity contribution in [3.63, 3.8) is 0 Å². The van der Waals surface area contributed by atoms with Gasteiger partial charge in [0, 0.05) is 24.3 Å². The maximum Gasteiger partial charge on any atom is 0.101 e. The van der Waals surface area contributed by atoms with Crippen LogP contribution in [-0.2, 0) is 13.0 Å². The third kappa shape index (κ3) is 2.77. The molecule has 4 heteroatoms. The standard InChI is InChI=1S/C13H19N3O/c1-4-16-8-11(7-15-16)6-13(14-3)12-5-10(2)17-9-12/h5,7-9,13-14H,4,6H2,1-3H3. The highest BCUT2D eigenvalue weighted by Crippen LogP contribution is 2.20. The number of rotatable bonds is 5. The molecule has 2 heterocycles. The lowest BCUT2D eigenvalue weighted by atomic mass is 10.0. The Morgan fingerprint density at radius 2 is 2.35 bits per heavy atom. The second kappa shape index (κ2) is 5.19. The number of aromatic nitrogens is 2. The largest absolute Gasteiger partial charge is 0.469 e. The van der Waals surface area contributed by atoms with Gasteiger partial charge < -0.3 is 9.73 Å². The van der Waals surface area contributed by atoms with Crippen molar-refractivity contribution in [3.8, 4) is 0 Å². The molecule has 2 aromatic heterocycles. The fourth-order valence-electron chi connectivity index (χ4n) is 1.95. The van der Waals surface area contributed by atoms with E-state index in [9.17, 15) is 0 Å². The summed E-state index contributed by atoms with van der Waals surface area (Å²) in [6.45, 7) is 4.96. The van der Waals surface area contributed by atoms with Crippen molar-refractivity contribution >= 4 is 0 Å². The third-order valence-corrected chi connectivity index (χ3v) is 2.95. The SMILES string of the molecule is CCn1cc(CC(NC)c2coc(C)c2)cn1. The van der Waals surface area contributed by atoms with Crippen LogP contribution in [0.1, 0.15) is 29.9 Å². The fourth-order valence-corrected chi connectivity index (χ4v) is 1.95. The minimum absolute atomic E-state index is 0.280. The molecule has 0 bridgehead atoms.